The molecular formula is C18H16FNO6. The van der Waals surface area contributed by atoms with E-state index < -0.39 is 24.3 Å². The van der Waals surface area contributed by atoms with E-state index in [-0.39, 0.29) is 31.3 Å². The molecule has 0 spiro atoms. The van der Waals surface area contributed by atoms with Crippen molar-refractivity contribution in [2.24, 2.45) is 5.73 Å². The molecule has 0 radical (unpaired) electrons. The van der Waals surface area contributed by atoms with E-state index in [4.69, 9.17) is 24.7 Å². The number of esters is 1. The Morgan fingerprint density at radius 3 is 2.85 bits per heavy atom. The van der Waals surface area contributed by atoms with Gasteiger partial charge in [-0.25, -0.2) is 9.18 Å². The van der Waals surface area contributed by atoms with Crippen LogP contribution in [0, 0.1) is 5.82 Å². The topological polar surface area (TPSA) is 97.1 Å². The fraction of sp³-hybridized carbons (Fsp3) is 0.222. The minimum Gasteiger partial charge on any atom is -0.481 e. The number of rotatable bonds is 6. The molecule has 7 nitrogen and oxygen atoms in total. The zero-order valence-electron chi connectivity index (χ0n) is 13.7. The van der Waals surface area contributed by atoms with Gasteiger partial charge in [0, 0.05) is 11.1 Å². The quantitative estimate of drug-likeness (QED) is 0.790. The van der Waals surface area contributed by atoms with Crippen LogP contribution in [0.25, 0.3) is 0 Å². The summed E-state index contributed by atoms with van der Waals surface area (Å²) in [4.78, 5) is 23.2. The van der Waals surface area contributed by atoms with E-state index in [0.717, 1.165) is 0 Å². The average molecular weight is 361 g/mol. The van der Waals surface area contributed by atoms with Crippen molar-refractivity contribution in [2.45, 2.75) is 13.2 Å². The largest absolute Gasteiger partial charge is 0.481 e. The second-order valence-corrected chi connectivity index (χ2v) is 5.47. The minimum atomic E-state index is -0.686. The molecule has 1 aliphatic rings. The van der Waals surface area contributed by atoms with Gasteiger partial charge in [-0.3, -0.25) is 4.79 Å². The molecule has 2 N–H and O–H groups in total. The van der Waals surface area contributed by atoms with E-state index >= 15 is 0 Å². The number of para-hydroxylation sites is 1. The summed E-state index contributed by atoms with van der Waals surface area (Å²) in [5.74, 6) is -1.20. The summed E-state index contributed by atoms with van der Waals surface area (Å²) in [6.07, 6.45) is 0. The van der Waals surface area contributed by atoms with Crippen LogP contribution in [0.2, 0.25) is 0 Å². The third-order valence-corrected chi connectivity index (χ3v) is 3.64. The Balaban J connectivity index is 1.60. The predicted octanol–water partition coefficient (Wildman–Crippen LogP) is 1.91. The molecule has 2 aromatic rings. The first kappa shape index (κ1) is 17.7. The summed E-state index contributed by atoms with van der Waals surface area (Å²) in [6, 6.07) is 8.82. The Hall–Kier alpha value is -3.13. The molecule has 26 heavy (non-hydrogen) atoms. The first-order valence-electron chi connectivity index (χ1n) is 7.73. The number of nitrogens with two attached hydrogens (primary N) is 1. The lowest BCUT2D eigenvalue weighted by molar-refractivity contribution is -0.147. The summed E-state index contributed by atoms with van der Waals surface area (Å²) < 4.78 is 34.5. The van der Waals surface area contributed by atoms with Crippen molar-refractivity contribution >= 4 is 11.9 Å². The second kappa shape index (κ2) is 7.83. The highest BCUT2D eigenvalue weighted by atomic mass is 19.1. The van der Waals surface area contributed by atoms with Crippen LogP contribution in [-0.4, -0.2) is 25.3 Å². The maximum absolute atomic E-state index is 13.6. The fourth-order valence-electron chi connectivity index (χ4n) is 2.50. The average Bonchev–Trinajstić information content (AvgIpc) is 2.64. The van der Waals surface area contributed by atoms with Gasteiger partial charge in [0.1, 0.15) is 23.9 Å². The van der Waals surface area contributed by atoms with E-state index in [1.165, 1.54) is 24.3 Å². The fourth-order valence-corrected chi connectivity index (χ4v) is 2.50. The predicted molar refractivity (Wildman–Crippen MR) is 86.9 cm³/mol. The van der Waals surface area contributed by atoms with Gasteiger partial charge in [0.15, 0.2) is 13.4 Å². The highest BCUT2D eigenvalue weighted by Crippen LogP contribution is 2.30. The van der Waals surface area contributed by atoms with Crippen LogP contribution in [-0.2, 0) is 27.5 Å². The lowest BCUT2D eigenvalue weighted by Gasteiger charge is -2.20. The van der Waals surface area contributed by atoms with E-state index in [9.17, 15) is 14.0 Å². The van der Waals surface area contributed by atoms with Gasteiger partial charge in [-0.1, -0.05) is 12.1 Å². The molecule has 0 bridgehead atoms. The standard InChI is InChI=1S/C18H16FNO6/c19-13-5-11-7-23-10-26-17(11)12(6-13)8-25-16(21)9-24-15-4-2-1-3-14(15)18(20)22/h1-6H,7-10H2,(H2,20,22). The van der Waals surface area contributed by atoms with Crippen molar-refractivity contribution in [3.05, 3.63) is 58.9 Å². The van der Waals surface area contributed by atoms with Crippen LogP contribution in [0.3, 0.4) is 0 Å². The molecule has 0 saturated heterocycles. The molecule has 136 valence electrons. The molecule has 3 rings (SSSR count). The first-order chi connectivity index (χ1) is 12.5. The normalized spacial score (nSPS) is 12.7. The maximum atomic E-state index is 13.6. The van der Waals surface area contributed by atoms with Crippen LogP contribution in [0.15, 0.2) is 36.4 Å². The molecular weight excluding hydrogens is 345 g/mol. The molecule has 0 aromatic heterocycles. The maximum Gasteiger partial charge on any atom is 0.344 e. The minimum absolute atomic E-state index is 0.0482. The van der Waals surface area contributed by atoms with Gasteiger partial charge in [0.25, 0.3) is 5.91 Å². The highest BCUT2D eigenvalue weighted by molar-refractivity contribution is 5.95. The van der Waals surface area contributed by atoms with Crippen molar-refractivity contribution in [3.63, 3.8) is 0 Å². The SMILES string of the molecule is NC(=O)c1ccccc1OCC(=O)OCc1cc(F)cc2c1OCOC2. The molecule has 0 fully saturated rings. The Morgan fingerprint density at radius 2 is 2.04 bits per heavy atom. The second-order valence-electron chi connectivity index (χ2n) is 5.47. The Morgan fingerprint density at radius 1 is 1.23 bits per heavy atom. The van der Waals surface area contributed by atoms with Crippen molar-refractivity contribution in [3.8, 4) is 11.5 Å². The summed E-state index contributed by atoms with van der Waals surface area (Å²) >= 11 is 0. The number of benzene rings is 2. The number of halogens is 1. The summed E-state index contributed by atoms with van der Waals surface area (Å²) in [7, 11) is 0. The molecule has 0 aliphatic carbocycles. The molecule has 8 heteroatoms. The van der Waals surface area contributed by atoms with Gasteiger partial charge in [-0.15, -0.1) is 0 Å². The van der Waals surface area contributed by atoms with Gasteiger partial charge in [-0.2, -0.15) is 0 Å². The molecule has 0 atom stereocenters. The molecule has 2 aromatic carbocycles. The Bertz CT molecular complexity index is 838. The number of fused-ring (bicyclic) bond motifs is 1. The zero-order chi connectivity index (χ0) is 18.5. The van der Waals surface area contributed by atoms with Gasteiger partial charge in [-0.05, 0) is 24.3 Å². The van der Waals surface area contributed by atoms with E-state index in [1.807, 2.05) is 0 Å². The van der Waals surface area contributed by atoms with Crippen molar-refractivity contribution in [1.29, 1.82) is 0 Å². The van der Waals surface area contributed by atoms with Crippen LogP contribution in [0.1, 0.15) is 21.5 Å². The number of carbonyl (C=O) groups is 2. The molecule has 1 amide bonds. The highest BCUT2D eigenvalue weighted by Gasteiger charge is 2.18. The molecule has 1 heterocycles. The summed E-state index contributed by atoms with van der Waals surface area (Å²) in [5.41, 5.74) is 6.35. The van der Waals surface area contributed by atoms with Crippen molar-refractivity contribution in [1.82, 2.24) is 0 Å². The van der Waals surface area contributed by atoms with Crippen LogP contribution in [0.5, 0.6) is 11.5 Å². The van der Waals surface area contributed by atoms with Crippen molar-refractivity contribution < 1.29 is 32.9 Å². The van der Waals surface area contributed by atoms with E-state index in [1.54, 1.807) is 12.1 Å². The smallest absolute Gasteiger partial charge is 0.344 e. The van der Waals surface area contributed by atoms with Gasteiger partial charge >= 0.3 is 5.97 Å². The summed E-state index contributed by atoms with van der Waals surface area (Å²) in [5, 5.41) is 0. The van der Waals surface area contributed by atoms with E-state index in [0.29, 0.717) is 16.9 Å². The van der Waals surface area contributed by atoms with Crippen LogP contribution < -0.4 is 15.2 Å². The Kier molecular flexibility index (Phi) is 5.33. The van der Waals surface area contributed by atoms with E-state index in [2.05, 4.69) is 0 Å². The molecule has 0 saturated carbocycles. The first-order valence-corrected chi connectivity index (χ1v) is 7.73. The van der Waals surface area contributed by atoms with Gasteiger partial charge in [0.2, 0.25) is 0 Å². The van der Waals surface area contributed by atoms with Gasteiger partial charge in [0.05, 0.1) is 12.2 Å². The number of carbonyl (C=O) groups excluding carboxylic acids is 2. The monoisotopic (exact) mass is 361 g/mol. The number of amides is 1. The molecule has 0 unspecified atom stereocenters. The number of hydrogen-bond donors (Lipinski definition) is 1. The lowest BCUT2D eigenvalue weighted by Crippen LogP contribution is -2.19. The zero-order valence-corrected chi connectivity index (χ0v) is 13.7. The third-order valence-electron chi connectivity index (χ3n) is 3.64. The van der Waals surface area contributed by atoms with Crippen LogP contribution in [0.4, 0.5) is 4.39 Å². The molecule has 1 aliphatic heterocycles. The third kappa shape index (κ3) is 4.09. The Labute approximate surface area is 148 Å². The number of primary amides is 1. The van der Waals surface area contributed by atoms with Crippen LogP contribution >= 0.6 is 0 Å². The van der Waals surface area contributed by atoms with Gasteiger partial charge < -0.3 is 24.7 Å². The number of hydrogen-bond acceptors (Lipinski definition) is 6. The lowest BCUT2D eigenvalue weighted by atomic mass is 10.1. The van der Waals surface area contributed by atoms with Crippen molar-refractivity contribution in [2.75, 3.05) is 13.4 Å². The summed E-state index contributed by atoms with van der Waals surface area (Å²) in [6.45, 7) is -0.334. The number of ether oxygens (including phenoxy) is 4.